The minimum absolute atomic E-state index is 0.928. The van der Waals surface area contributed by atoms with Gasteiger partial charge < -0.3 is 9.80 Å². The third-order valence-corrected chi connectivity index (χ3v) is 25.3. The van der Waals surface area contributed by atoms with E-state index in [4.69, 9.17) is 4.98 Å². The van der Waals surface area contributed by atoms with Crippen LogP contribution in [0, 0.1) is 0 Å². The van der Waals surface area contributed by atoms with Gasteiger partial charge in [-0.1, -0.05) is 243 Å². The van der Waals surface area contributed by atoms with Crippen LogP contribution in [0.4, 0.5) is 34.1 Å². The molecule has 0 spiro atoms. The molecule has 2 aliphatic rings. The lowest BCUT2D eigenvalue weighted by Gasteiger charge is -2.45. The van der Waals surface area contributed by atoms with Crippen LogP contribution in [-0.4, -0.2) is 21.1 Å². The maximum atomic E-state index is 5.67. The molecule has 14 rings (SSSR count). The molecule has 0 radical (unpaired) electrons. The van der Waals surface area contributed by atoms with E-state index in [0.29, 0.717) is 0 Å². The molecule has 0 saturated heterocycles. The zero-order valence-corrected chi connectivity index (χ0v) is 42.6. The van der Waals surface area contributed by atoms with Crippen molar-refractivity contribution in [1.82, 2.24) is 4.98 Å². The summed E-state index contributed by atoms with van der Waals surface area (Å²) in [5, 5.41) is 13.3. The van der Waals surface area contributed by atoms with Gasteiger partial charge in [-0.25, -0.2) is 4.98 Å². The normalized spacial score (nSPS) is 13.8. The number of hydrogen-bond donors (Lipinski definition) is 0. The molecule has 3 nitrogen and oxygen atoms in total. The van der Waals surface area contributed by atoms with Gasteiger partial charge in [0.1, 0.15) is 0 Å². The van der Waals surface area contributed by atoms with Gasteiger partial charge in [0.25, 0.3) is 0 Å². The summed E-state index contributed by atoms with van der Waals surface area (Å²) in [6.07, 6.45) is 0. The van der Waals surface area contributed by atoms with Gasteiger partial charge >= 0.3 is 0 Å². The molecule has 0 bridgehead atoms. The summed E-state index contributed by atoms with van der Waals surface area (Å²) in [5.74, 6) is 0. The molecule has 1 aromatic heterocycles. The Labute approximate surface area is 434 Å². The van der Waals surface area contributed by atoms with E-state index in [1.165, 1.54) is 64.2 Å². The molecule has 348 valence electrons. The maximum Gasteiger partial charge on any atom is 0.184 e. The number of fused-ring (bicyclic) bond motifs is 5. The van der Waals surface area contributed by atoms with Gasteiger partial charge in [0.2, 0.25) is 0 Å². The lowest BCUT2D eigenvalue weighted by Crippen LogP contribution is -2.77. The average molecular weight is 976 g/mol. The van der Waals surface area contributed by atoms with Crippen molar-refractivity contribution in [1.29, 1.82) is 0 Å². The Hall–Kier alpha value is -9.14. The maximum absolute atomic E-state index is 5.67. The van der Waals surface area contributed by atoms with Crippen LogP contribution in [0.5, 0.6) is 0 Å². The van der Waals surface area contributed by atoms with Gasteiger partial charge in [0.05, 0.1) is 11.4 Å². The number of hydrogen-bond acceptors (Lipinski definition) is 3. The van der Waals surface area contributed by atoms with E-state index in [0.717, 1.165) is 44.7 Å². The summed E-state index contributed by atoms with van der Waals surface area (Å²) >= 11 is 0. The van der Waals surface area contributed by atoms with E-state index < -0.39 is 16.1 Å². The molecule has 0 amide bonds. The Morgan fingerprint density at radius 3 is 1.03 bits per heavy atom. The van der Waals surface area contributed by atoms with E-state index in [1.54, 1.807) is 0 Å². The molecule has 74 heavy (non-hydrogen) atoms. The van der Waals surface area contributed by atoms with Crippen molar-refractivity contribution >= 4 is 103 Å². The van der Waals surface area contributed by atoms with Gasteiger partial charge in [-0.2, -0.15) is 0 Å². The van der Waals surface area contributed by atoms with Crippen molar-refractivity contribution in [2.24, 2.45) is 0 Å². The summed E-state index contributed by atoms with van der Waals surface area (Å²) in [5.41, 5.74) is 11.0. The number of para-hydroxylation sites is 4. The second kappa shape index (κ2) is 17.9. The van der Waals surface area contributed by atoms with E-state index in [1.807, 2.05) is 0 Å². The fourth-order valence-corrected chi connectivity index (χ4v) is 22.7. The summed E-state index contributed by atoms with van der Waals surface area (Å²) in [6, 6.07) is 110. The quantitative estimate of drug-likeness (QED) is 0.141. The molecule has 0 unspecified atom stereocenters. The molecule has 0 N–H and O–H groups in total. The highest BCUT2D eigenvalue weighted by molar-refractivity contribution is 7.22. The number of pyridine rings is 1. The summed E-state index contributed by atoms with van der Waals surface area (Å²) in [7, 11) is -5.51. The summed E-state index contributed by atoms with van der Waals surface area (Å²) < 4.78 is 0. The highest BCUT2D eigenvalue weighted by Crippen LogP contribution is 2.43. The third kappa shape index (κ3) is 6.67. The van der Waals surface area contributed by atoms with Crippen LogP contribution in [0.25, 0.3) is 33.3 Å². The first kappa shape index (κ1) is 43.6. The number of nitrogens with zero attached hydrogens (tertiary/aromatic N) is 3. The van der Waals surface area contributed by atoms with Crippen LogP contribution in [0.3, 0.4) is 0 Å². The Morgan fingerprint density at radius 2 is 0.608 bits per heavy atom. The van der Waals surface area contributed by atoms with Crippen LogP contribution >= 0.6 is 0 Å². The molecule has 3 heterocycles. The van der Waals surface area contributed by atoms with Crippen molar-refractivity contribution < 1.29 is 0 Å². The fourth-order valence-electron chi connectivity index (χ4n) is 12.5. The van der Waals surface area contributed by atoms with Gasteiger partial charge in [-0.15, -0.1) is 0 Å². The minimum atomic E-state index is -2.76. The standard InChI is InChI=1S/C69H49N3Si2/c1-5-30-55(31-6-1)73(56-32-7-2-8-33-56)65-43-19-15-39-61(65)71(62-40-16-20-44-66(62)73)53-28-23-26-51(47-53)60-49-50-25-13-14-38-59(50)69(70-60)52-27-24-29-54(48-52)72-63-41-17-21-45-67(63)74(57-34-9-3-10-35-57,58-36-11-4-12-37-58)68-46-22-18-42-64(68)72/h1-49H. The highest BCUT2D eigenvalue weighted by atomic mass is 28.3. The Balaban J connectivity index is 0.912. The van der Waals surface area contributed by atoms with Gasteiger partial charge in [0, 0.05) is 50.6 Å². The average Bonchev–Trinajstić information content (AvgIpc) is 3.49. The van der Waals surface area contributed by atoms with Crippen molar-refractivity contribution in [3.63, 3.8) is 0 Å². The SMILES string of the molecule is c1ccc([Si]2(c3ccccc3)c3ccccc3N(c3cccc(-c4cc5ccccc5c(-c5cccc(N6c7ccccc7[Si](c7ccccc7)(c7ccccc7)c7ccccc76)c5)n4)c3)c3ccccc32)cc1. The molecule has 0 saturated carbocycles. The fraction of sp³-hybridized carbons (Fsp3) is 0. The molecule has 2 aliphatic heterocycles. The first-order chi connectivity index (χ1) is 36.7. The van der Waals surface area contributed by atoms with Crippen molar-refractivity contribution in [3.05, 3.63) is 297 Å². The van der Waals surface area contributed by atoms with Gasteiger partial charge in [-0.3, -0.25) is 0 Å². The van der Waals surface area contributed by atoms with E-state index in [-0.39, 0.29) is 0 Å². The molecule has 12 aromatic rings. The smallest absolute Gasteiger partial charge is 0.184 e. The molecule has 0 aliphatic carbocycles. The first-order valence-corrected chi connectivity index (χ1v) is 29.5. The molecular formula is C69H49N3Si2. The molecule has 0 atom stereocenters. The monoisotopic (exact) mass is 975 g/mol. The Bertz CT molecular complexity index is 3870. The van der Waals surface area contributed by atoms with Crippen molar-refractivity contribution in [2.75, 3.05) is 9.80 Å². The van der Waals surface area contributed by atoms with E-state index in [2.05, 4.69) is 307 Å². The highest BCUT2D eigenvalue weighted by Gasteiger charge is 2.50. The summed E-state index contributed by atoms with van der Waals surface area (Å²) in [6.45, 7) is 0. The van der Waals surface area contributed by atoms with E-state index in [9.17, 15) is 0 Å². The van der Waals surface area contributed by atoms with Crippen LogP contribution < -0.4 is 51.3 Å². The third-order valence-electron chi connectivity index (χ3n) is 15.5. The molecular weight excluding hydrogens is 927 g/mol. The molecule has 11 aromatic carbocycles. The van der Waals surface area contributed by atoms with Crippen molar-refractivity contribution in [3.8, 4) is 22.5 Å². The summed E-state index contributed by atoms with van der Waals surface area (Å²) in [4.78, 5) is 10.6. The number of aromatic nitrogens is 1. The predicted octanol–water partition coefficient (Wildman–Crippen LogP) is 11.9. The Morgan fingerprint density at radius 1 is 0.270 bits per heavy atom. The first-order valence-electron chi connectivity index (χ1n) is 25.5. The van der Waals surface area contributed by atoms with Crippen LogP contribution in [0.1, 0.15) is 0 Å². The lowest BCUT2D eigenvalue weighted by atomic mass is 10.00. The van der Waals surface area contributed by atoms with Crippen LogP contribution in [-0.2, 0) is 0 Å². The number of rotatable bonds is 8. The zero-order valence-electron chi connectivity index (χ0n) is 40.6. The van der Waals surface area contributed by atoms with Gasteiger partial charge in [-0.05, 0) is 101 Å². The number of benzene rings is 11. The van der Waals surface area contributed by atoms with Gasteiger partial charge in [0.15, 0.2) is 16.1 Å². The molecule has 0 fully saturated rings. The zero-order chi connectivity index (χ0) is 49.1. The second-order valence-electron chi connectivity index (χ2n) is 19.4. The van der Waals surface area contributed by atoms with E-state index >= 15 is 0 Å². The number of anilines is 6. The van der Waals surface area contributed by atoms with Crippen LogP contribution in [0.15, 0.2) is 297 Å². The topological polar surface area (TPSA) is 19.4 Å². The van der Waals surface area contributed by atoms with Crippen molar-refractivity contribution in [2.45, 2.75) is 0 Å². The minimum Gasteiger partial charge on any atom is -0.311 e. The molecule has 5 heteroatoms. The van der Waals surface area contributed by atoms with Crippen LogP contribution in [0.2, 0.25) is 0 Å². The second-order valence-corrected chi connectivity index (χ2v) is 26.8. The predicted molar refractivity (Wildman–Crippen MR) is 316 cm³/mol. The largest absolute Gasteiger partial charge is 0.311 e. The Kier molecular flexibility index (Phi) is 10.5. The lowest BCUT2D eigenvalue weighted by molar-refractivity contribution is 1.28.